The number of benzene rings is 2. The number of ether oxygens (including phenoxy) is 1. The van der Waals surface area contributed by atoms with Crippen LogP contribution in [-0.4, -0.2) is 33.2 Å². The fourth-order valence-electron chi connectivity index (χ4n) is 2.28. The van der Waals surface area contributed by atoms with Crippen molar-refractivity contribution in [1.82, 2.24) is 5.32 Å². The maximum absolute atomic E-state index is 12.4. The molecule has 0 saturated carbocycles. The lowest BCUT2D eigenvalue weighted by molar-refractivity contribution is 0.0926. The SMILES string of the molecule is Cc1ccc(OC[C@H](C)NC(=O)c2ccc(C)c(NS(C)(=O)=O)c2)cc1. The van der Waals surface area contributed by atoms with Crippen LogP contribution in [0, 0.1) is 13.8 Å². The zero-order valence-corrected chi connectivity index (χ0v) is 16.2. The van der Waals surface area contributed by atoms with Gasteiger partial charge in [0, 0.05) is 5.56 Å². The van der Waals surface area contributed by atoms with Crippen LogP contribution in [-0.2, 0) is 10.0 Å². The predicted octanol–water partition coefficient (Wildman–Crippen LogP) is 2.87. The van der Waals surface area contributed by atoms with Gasteiger partial charge in [-0.2, -0.15) is 0 Å². The number of carbonyl (C=O) groups is 1. The number of amides is 1. The van der Waals surface area contributed by atoms with Crippen molar-refractivity contribution in [2.75, 3.05) is 17.6 Å². The van der Waals surface area contributed by atoms with Gasteiger partial charge in [0.1, 0.15) is 12.4 Å². The van der Waals surface area contributed by atoms with Gasteiger partial charge in [-0.1, -0.05) is 23.8 Å². The molecule has 0 saturated heterocycles. The van der Waals surface area contributed by atoms with Crippen LogP contribution in [0.25, 0.3) is 0 Å². The van der Waals surface area contributed by atoms with Gasteiger partial charge in [-0.25, -0.2) is 8.42 Å². The Kier molecular flexibility index (Phi) is 6.26. The van der Waals surface area contributed by atoms with E-state index in [2.05, 4.69) is 10.0 Å². The molecule has 0 radical (unpaired) electrons. The minimum Gasteiger partial charge on any atom is -0.491 e. The summed E-state index contributed by atoms with van der Waals surface area (Å²) in [6.45, 7) is 5.94. The van der Waals surface area contributed by atoms with Gasteiger partial charge in [0.25, 0.3) is 5.91 Å². The van der Waals surface area contributed by atoms with Crippen molar-refractivity contribution in [3.63, 3.8) is 0 Å². The summed E-state index contributed by atoms with van der Waals surface area (Å²) in [7, 11) is -3.41. The fraction of sp³-hybridized carbons (Fsp3) is 0.316. The van der Waals surface area contributed by atoms with E-state index in [1.807, 2.05) is 38.1 Å². The number of anilines is 1. The van der Waals surface area contributed by atoms with Crippen molar-refractivity contribution < 1.29 is 17.9 Å². The minimum atomic E-state index is -3.41. The summed E-state index contributed by atoms with van der Waals surface area (Å²) in [6, 6.07) is 12.4. The van der Waals surface area contributed by atoms with E-state index in [4.69, 9.17) is 4.74 Å². The third-order valence-electron chi connectivity index (χ3n) is 3.69. The van der Waals surface area contributed by atoms with Crippen LogP contribution in [0.15, 0.2) is 42.5 Å². The molecule has 2 aromatic carbocycles. The van der Waals surface area contributed by atoms with Gasteiger partial charge in [-0.05, 0) is 50.6 Å². The van der Waals surface area contributed by atoms with Gasteiger partial charge >= 0.3 is 0 Å². The van der Waals surface area contributed by atoms with Crippen LogP contribution in [0.4, 0.5) is 5.69 Å². The highest BCUT2D eigenvalue weighted by Gasteiger charge is 2.13. The molecule has 0 aromatic heterocycles. The molecule has 0 spiro atoms. The van der Waals surface area contributed by atoms with Crippen molar-refractivity contribution in [1.29, 1.82) is 0 Å². The molecule has 1 amide bonds. The zero-order valence-electron chi connectivity index (χ0n) is 15.4. The zero-order chi connectivity index (χ0) is 19.3. The molecule has 0 bridgehead atoms. The second kappa shape index (κ2) is 8.23. The van der Waals surface area contributed by atoms with Crippen LogP contribution in [0.1, 0.15) is 28.4 Å². The standard InChI is InChI=1S/C19H24N2O4S/c1-13-5-9-17(10-6-13)25-12-15(3)20-19(22)16-8-7-14(2)18(11-16)21-26(4,23)24/h5-11,15,21H,12H2,1-4H3,(H,20,22)/t15-/m0/s1. The third-order valence-corrected chi connectivity index (χ3v) is 4.28. The van der Waals surface area contributed by atoms with Crippen molar-refractivity contribution in [2.45, 2.75) is 26.8 Å². The topological polar surface area (TPSA) is 84.5 Å². The molecule has 26 heavy (non-hydrogen) atoms. The second-order valence-electron chi connectivity index (χ2n) is 6.40. The Labute approximate surface area is 154 Å². The highest BCUT2D eigenvalue weighted by atomic mass is 32.2. The Morgan fingerprint density at radius 1 is 1.12 bits per heavy atom. The Hall–Kier alpha value is -2.54. The summed E-state index contributed by atoms with van der Waals surface area (Å²) < 4.78 is 30.9. The summed E-state index contributed by atoms with van der Waals surface area (Å²) in [4.78, 5) is 12.4. The first-order chi connectivity index (χ1) is 12.1. The van der Waals surface area contributed by atoms with Crippen molar-refractivity contribution in [3.8, 4) is 5.75 Å². The number of rotatable bonds is 7. The Bertz CT molecular complexity index is 877. The number of hydrogen-bond acceptors (Lipinski definition) is 4. The van der Waals surface area contributed by atoms with E-state index in [9.17, 15) is 13.2 Å². The van der Waals surface area contributed by atoms with Crippen LogP contribution < -0.4 is 14.8 Å². The van der Waals surface area contributed by atoms with Crippen LogP contribution in [0.3, 0.4) is 0 Å². The highest BCUT2D eigenvalue weighted by Crippen LogP contribution is 2.18. The summed E-state index contributed by atoms with van der Waals surface area (Å²) in [5, 5.41) is 2.85. The molecular weight excluding hydrogens is 352 g/mol. The first-order valence-electron chi connectivity index (χ1n) is 8.23. The minimum absolute atomic E-state index is 0.212. The van der Waals surface area contributed by atoms with Crippen LogP contribution in [0.5, 0.6) is 5.75 Å². The lowest BCUT2D eigenvalue weighted by Gasteiger charge is -2.16. The number of sulfonamides is 1. The Morgan fingerprint density at radius 3 is 2.38 bits per heavy atom. The normalized spacial score (nSPS) is 12.3. The van der Waals surface area contributed by atoms with E-state index in [-0.39, 0.29) is 11.9 Å². The molecule has 7 heteroatoms. The molecule has 0 heterocycles. The number of nitrogens with one attached hydrogen (secondary N) is 2. The first kappa shape index (κ1) is 19.8. The quantitative estimate of drug-likeness (QED) is 0.778. The maximum atomic E-state index is 12.4. The molecule has 2 N–H and O–H groups in total. The summed E-state index contributed by atoms with van der Waals surface area (Å²) in [5.41, 5.74) is 2.66. The highest BCUT2D eigenvalue weighted by molar-refractivity contribution is 7.92. The smallest absolute Gasteiger partial charge is 0.251 e. The molecule has 0 unspecified atom stereocenters. The van der Waals surface area contributed by atoms with E-state index in [0.29, 0.717) is 17.9 Å². The lowest BCUT2D eigenvalue weighted by atomic mass is 10.1. The van der Waals surface area contributed by atoms with Crippen molar-refractivity contribution >= 4 is 21.6 Å². The van der Waals surface area contributed by atoms with Crippen LogP contribution in [0.2, 0.25) is 0 Å². The molecule has 0 fully saturated rings. The van der Waals surface area contributed by atoms with E-state index in [0.717, 1.165) is 23.1 Å². The van der Waals surface area contributed by atoms with E-state index >= 15 is 0 Å². The van der Waals surface area contributed by atoms with Gasteiger partial charge in [0.2, 0.25) is 10.0 Å². The van der Waals surface area contributed by atoms with Crippen molar-refractivity contribution in [3.05, 3.63) is 59.2 Å². The molecular formula is C19H24N2O4S. The first-order valence-corrected chi connectivity index (χ1v) is 10.1. The van der Waals surface area contributed by atoms with Crippen LogP contribution >= 0.6 is 0 Å². The van der Waals surface area contributed by atoms with Gasteiger partial charge in [-0.15, -0.1) is 0 Å². The Balaban J connectivity index is 1.98. The number of carbonyl (C=O) groups excluding carboxylic acids is 1. The summed E-state index contributed by atoms with van der Waals surface area (Å²) in [5.74, 6) is 0.452. The monoisotopic (exact) mass is 376 g/mol. The Morgan fingerprint density at radius 2 is 1.77 bits per heavy atom. The van der Waals surface area contributed by atoms with E-state index in [1.54, 1.807) is 19.1 Å². The molecule has 2 aromatic rings. The molecule has 1 atom stereocenters. The van der Waals surface area contributed by atoms with E-state index < -0.39 is 10.0 Å². The molecule has 140 valence electrons. The fourth-order valence-corrected chi connectivity index (χ4v) is 2.90. The average Bonchev–Trinajstić information content (AvgIpc) is 2.55. The van der Waals surface area contributed by atoms with Gasteiger partial charge in [0.15, 0.2) is 0 Å². The van der Waals surface area contributed by atoms with E-state index in [1.165, 1.54) is 6.07 Å². The average molecular weight is 376 g/mol. The molecule has 6 nitrogen and oxygen atoms in total. The maximum Gasteiger partial charge on any atom is 0.251 e. The van der Waals surface area contributed by atoms with Gasteiger partial charge in [0.05, 0.1) is 18.0 Å². The molecule has 2 rings (SSSR count). The number of hydrogen-bond donors (Lipinski definition) is 2. The summed E-state index contributed by atoms with van der Waals surface area (Å²) in [6.07, 6.45) is 1.07. The molecule has 0 aliphatic carbocycles. The van der Waals surface area contributed by atoms with Crippen molar-refractivity contribution in [2.24, 2.45) is 0 Å². The largest absolute Gasteiger partial charge is 0.491 e. The van der Waals surface area contributed by atoms with Gasteiger partial charge in [-0.3, -0.25) is 9.52 Å². The predicted molar refractivity (Wildman–Crippen MR) is 103 cm³/mol. The lowest BCUT2D eigenvalue weighted by Crippen LogP contribution is -2.36. The summed E-state index contributed by atoms with van der Waals surface area (Å²) >= 11 is 0. The molecule has 0 aliphatic heterocycles. The molecule has 0 aliphatic rings. The van der Waals surface area contributed by atoms with Gasteiger partial charge < -0.3 is 10.1 Å². The number of aryl methyl sites for hydroxylation is 2. The second-order valence-corrected chi connectivity index (χ2v) is 8.15. The third kappa shape index (κ3) is 6.07.